The van der Waals surface area contributed by atoms with Gasteiger partial charge in [-0.1, -0.05) is 0 Å². The van der Waals surface area contributed by atoms with Gasteiger partial charge in [0.1, 0.15) is 0 Å². The highest BCUT2D eigenvalue weighted by atomic mass is 16.5. The molecule has 0 aliphatic rings. The van der Waals surface area contributed by atoms with Crippen molar-refractivity contribution in [1.82, 2.24) is 14.8 Å². The van der Waals surface area contributed by atoms with Crippen LogP contribution in [0.5, 0.6) is 5.88 Å². The minimum atomic E-state index is -0.179. The molecule has 0 unspecified atom stereocenters. The Morgan fingerprint density at radius 2 is 2.22 bits per heavy atom. The van der Waals surface area contributed by atoms with E-state index in [2.05, 4.69) is 10.1 Å². The van der Waals surface area contributed by atoms with Crippen molar-refractivity contribution in [3.05, 3.63) is 52.1 Å². The Labute approximate surface area is 104 Å². The summed E-state index contributed by atoms with van der Waals surface area (Å²) in [7, 11) is 1.51. The minimum Gasteiger partial charge on any atom is -0.480 e. The van der Waals surface area contributed by atoms with Crippen LogP contribution in [0.2, 0.25) is 0 Å². The Hall–Kier alpha value is -2.21. The van der Waals surface area contributed by atoms with Crippen molar-refractivity contribution in [2.75, 3.05) is 7.11 Å². The molecule has 6 nitrogen and oxygen atoms in total. The average molecular weight is 246 g/mol. The fourth-order valence-electron chi connectivity index (χ4n) is 1.56. The summed E-state index contributed by atoms with van der Waals surface area (Å²) in [4.78, 5) is 15.7. The number of pyridine rings is 1. The maximum absolute atomic E-state index is 11.7. The zero-order chi connectivity index (χ0) is 13.0. The SMILES string of the molecule is COc1ccc(=O)n(Cc2ccnc(CN)c2)n1. The standard InChI is InChI=1S/C12H14N4O2/c1-18-11-2-3-12(17)16(15-11)8-9-4-5-14-10(6-9)7-13/h2-6H,7-8,13H2,1H3. The second kappa shape index (κ2) is 5.42. The van der Waals surface area contributed by atoms with Crippen molar-refractivity contribution < 1.29 is 4.74 Å². The Bertz CT molecular complexity index is 595. The van der Waals surface area contributed by atoms with Crippen molar-refractivity contribution >= 4 is 0 Å². The van der Waals surface area contributed by atoms with Crippen LogP contribution in [-0.2, 0) is 13.1 Å². The second-order valence-corrected chi connectivity index (χ2v) is 3.73. The number of methoxy groups -OCH3 is 1. The molecule has 0 saturated heterocycles. The number of ether oxygens (including phenoxy) is 1. The van der Waals surface area contributed by atoms with Gasteiger partial charge in [0.25, 0.3) is 5.56 Å². The molecule has 0 fully saturated rings. The Kier molecular flexibility index (Phi) is 3.69. The topological polar surface area (TPSA) is 83.0 Å². The first-order valence-electron chi connectivity index (χ1n) is 5.49. The van der Waals surface area contributed by atoms with Gasteiger partial charge in [-0.2, -0.15) is 0 Å². The summed E-state index contributed by atoms with van der Waals surface area (Å²) >= 11 is 0. The lowest BCUT2D eigenvalue weighted by Gasteiger charge is -2.07. The predicted molar refractivity (Wildman–Crippen MR) is 66.3 cm³/mol. The van der Waals surface area contributed by atoms with Gasteiger partial charge < -0.3 is 10.5 Å². The van der Waals surface area contributed by atoms with E-state index in [0.717, 1.165) is 11.3 Å². The first-order chi connectivity index (χ1) is 8.72. The molecule has 94 valence electrons. The molecular formula is C12H14N4O2. The Morgan fingerprint density at radius 3 is 2.94 bits per heavy atom. The van der Waals surface area contributed by atoms with Gasteiger partial charge >= 0.3 is 0 Å². The lowest BCUT2D eigenvalue weighted by molar-refractivity contribution is 0.379. The minimum absolute atomic E-state index is 0.179. The number of nitrogens with two attached hydrogens (primary N) is 1. The first-order valence-corrected chi connectivity index (χ1v) is 5.49. The zero-order valence-corrected chi connectivity index (χ0v) is 10.0. The summed E-state index contributed by atoms with van der Waals surface area (Å²) in [6, 6.07) is 6.65. The third-order valence-electron chi connectivity index (χ3n) is 2.47. The second-order valence-electron chi connectivity index (χ2n) is 3.73. The number of hydrogen-bond donors (Lipinski definition) is 1. The van der Waals surface area contributed by atoms with Crippen LogP contribution >= 0.6 is 0 Å². The highest BCUT2D eigenvalue weighted by molar-refractivity contribution is 5.17. The molecule has 0 bridgehead atoms. The lowest BCUT2D eigenvalue weighted by atomic mass is 10.2. The van der Waals surface area contributed by atoms with Crippen molar-refractivity contribution in [1.29, 1.82) is 0 Å². The Balaban J connectivity index is 2.30. The van der Waals surface area contributed by atoms with Gasteiger partial charge in [-0.3, -0.25) is 9.78 Å². The van der Waals surface area contributed by atoms with Gasteiger partial charge in [-0.25, -0.2) is 4.68 Å². The van der Waals surface area contributed by atoms with Crippen molar-refractivity contribution in [3.63, 3.8) is 0 Å². The van der Waals surface area contributed by atoms with Crippen LogP contribution in [0.3, 0.4) is 0 Å². The van der Waals surface area contributed by atoms with E-state index >= 15 is 0 Å². The van der Waals surface area contributed by atoms with Crippen molar-refractivity contribution in [2.45, 2.75) is 13.1 Å². The number of nitrogens with zero attached hydrogens (tertiary/aromatic N) is 3. The molecule has 2 rings (SSSR count). The van der Waals surface area contributed by atoms with Crippen LogP contribution < -0.4 is 16.0 Å². The maximum Gasteiger partial charge on any atom is 0.267 e. The molecule has 0 radical (unpaired) electrons. The largest absolute Gasteiger partial charge is 0.480 e. The summed E-state index contributed by atoms with van der Waals surface area (Å²) in [5, 5.41) is 4.07. The summed E-state index contributed by atoms with van der Waals surface area (Å²) in [5.74, 6) is 0.405. The molecular weight excluding hydrogens is 232 g/mol. The molecule has 2 aromatic rings. The summed E-state index contributed by atoms with van der Waals surface area (Å²) in [5.41, 5.74) is 7.05. The molecule has 18 heavy (non-hydrogen) atoms. The van der Waals surface area contributed by atoms with E-state index in [9.17, 15) is 4.79 Å². The molecule has 0 spiro atoms. The van der Waals surface area contributed by atoms with E-state index in [4.69, 9.17) is 10.5 Å². The van der Waals surface area contributed by atoms with Crippen LogP contribution in [0, 0.1) is 0 Å². The average Bonchev–Trinajstić information content (AvgIpc) is 2.41. The third-order valence-corrected chi connectivity index (χ3v) is 2.47. The number of aromatic nitrogens is 3. The summed E-state index contributed by atoms with van der Waals surface area (Å²) in [6.45, 7) is 0.736. The molecule has 2 aromatic heterocycles. The molecule has 0 atom stereocenters. The van der Waals surface area contributed by atoms with Crippen molar-refractivity contribution in [2.24, 2.45) is 5.73 Å². The van der Waals surface area contributed by atoms with E-state index in [1.807, 2.05) is 12.1 Å². The van der Waals surface area contributed by atoms with Gasteiger partial charge in [0.15, 0.2) is 0 Å². The number of hydrogen-bond acceptors (Lipinski definition) is 5. The van der Waals surface area contributed by atoms with Crippen LogP contribution in [0.15, 0.2) is 35.3 Å². The van der Waals surface area contributed by atoms with Gasteiger partial charge in [-0.15, -0.1) is 5.10 Å². The van der Waals surface area contributed by atoms with E-state index in [1.165, 1.54) is 23.9 Å². The van der Waals surface area contributed by atoms with Gasteiger partial charge in [0, 0.05) is 24.9 Å². The van der Waals surface area contributed by atoms with Gasteiger partial charge in [0.05, 0.1) is 19.3 Å². The van der Waals surface area contributed by atoms with E-state index in [0.29, 0.717) is 19.0 Å². The van der Waals surface area contributed by atoms with E-state index in [1.54, 1.807) is 6.20 Å². The summed E-state index contributed by atoms with van der Waals surface area (Å²) < 4.78 is 6.33. The zero-order valence-electron chi connectivity index (χ0n) is 10.0. The molecule has 2 N–H and O–H groups in total. The van der Waals surface area contributed by atoms with Crippen LogP contribution in [0.1, 0.15) is 11.3 Å². The normalized spacial score (nSPS) is 10.3. The van der Waals surface area contributed by atoms with E-state index in [-0.39, 0.29) is 5.56 Å². The predicted octanol–water partition coefficient (Wildman–Crippen LogP) is 0.154. The molecule has 2 heterocycles. The van der Waals surface area contributed by atoms with Crippen LogP contribution in [-0.4, -0.2) is 21.9 Å². The molecule has 0 aliphatic heterocycles. The molecule has 6 heteroatoms. The highest BCUT2D eigenvalue weighted by Crippen LogP contribution is 2.04. The lowest BCUT2D eigenvalue weighted by Crippen LogP contribution is -2.22. The molecule has 0 aromatic carbocycles. The van der Waals surface area contributed by atoms with E-state index < -0.39 is 0 Å². The summed E-state index contributed by atoms with van der Waals surface area (Å²) in [6.07, 6.45) is 1.67. The highest BCUT2D eigenvalue weighted by Gasteiger charge is 2.03. The molecule has 0 aliphatic carbocycles. The van der Waals surface area contributed by atoms with Crippen LogP contribution in [0.4, 0.5) is 0 Å². The Morgan fingerprint density at radius 1 is 1.39 bits per heavy atom. The number of rotatable bonds is 4. The first kappa shape index (κ1) is 12.3. The molecule has 0 saturated carbocycles. The third kappa shape index (κ3) is 2.72. The van der Waals surface area contributed by atoms with Gasteiger partial charge in [-0.05, 0) is 17.7 Å². The molecule has 0 amide bonds. The van der Waals surface area contributed by atoms with Crippen LogP contribution in [0.25, 0.3) is 0 Å². The maximum atomic E-state index is 11.7. The fraction of sp³-hybridized carbons (Fsp3) is 0.250. The smallest absolute Gasteiger partial charge is 0.267 e. The quantitative estimate of drug-likeness (QED) is 0.830. The van der Waals surface area contributed by atoms with Gasteiger partial charge in [0.2, 0.25) is 5.88 Å². The fourth-order valence-corrected chi connectivity index (χ4v) is 1.56. The monoisotopic (exact) mass is 246 g/mol. The van der Waals surface area contributed by atoms with Crippen molar-refractivity contribution in [3.8, 4) is 5.88 Å².